The van der Waals surface area contributed by atoms with E-state index < -0.39 is 0 Å². The van der Waals surface area contributed by atoms with Crippen LogP contribution >= 0.6 is 0 Å². The van der Waals surface area contributed by atoms with E-state index in [2.05, 4.69) is 34.2 Å². The normalized spacial score (nSPS) is 18.4. The number of carbonyl (C=O) groups is 1. The molecule has 1 aliphatic heterocycles. The van der Waals surface area contributed by atoms with E-state index in [1.165, 1.54) is 0 Å². The van der Waals surface area contributed by atoms with Crippen molar-refractivity contribution in [2.75, 3.05) is 33.2 Å². The largest absolute Gasteiger partial charge is 0.361 e. The van der Waals surface area contributed by atoms with E-state index in [0.717, 1.165) is 49.6 Å². The van der Waals surface area contributed by atoms with Gasteiger partial charge in [0.15, 0.2) is 0 Å². The van der Waals surface area contributed by atoms with Gasteiger partial charge in [-0.25, -0.2) is 0 Å². The summed E-state index contributed by atoms with van der Waals surface area (Å²) in [7, 11) is 2.16. The first-order chi connectivity index (χ1) is 10.5. The van der Waals surface area contributed by atoms with Crippen LogP contribution in [0.2, 0.25) is 0 Å². The van der Waals surface area contributed by atoms with Gasteiger partial charge in [0.1, 0.15) is 5.76 Å². The number of nitrogens with one attached hydrogen (secondary N) is 1. The minimum Gasteiger partial charge on any atom is -0.361 e. The lowest BCUT2D eigenvalue weighted by Crippen LogP contribution is -2.48. The first kappa shape index (κ1) is 17.0. The van der Waals surface area contributed by atoms with Crippen LogP contribution in [-0.2, 0) is 11.3 Å². The summed E-state index contributed by atoms with van der Waals surface area (Å²) in [6, 6.07) is 0.457. The number of amides is 1. The van der Waals surface area contributed by atoms with Crippen LogP contribution in [0.4, 0.5) is 0 Å². The molecule has 0 saturated carbocycles. The monoisotopic (exact) mass is 308 g/mol. The molecule has 0 spiro atoms. The van der Waals surface area contributed by atoms with Crippen molar-refractivity contribution in [2.24, 2.45) is 0 Å². The Morgan fingerprint density at radius 2 is 2.00 bits per heavy atom. The standard InChI is InChI=1S/C16H28N4O2/c1-12(20-9-7-19(4)8-10-20)5-6-16(21)17-11-15-13(2)18-22-14(15)3/h12H,5-11H2,1-4H3,(H,17,21). The number of hydrogen-bond acceptors (Lipinski definition) is 5. The van der Waals surface area contributed by atoms with Gasteiger partial charge in [-0.2, -0.15) is 0 Å². The van der Waals surface area contributed by atoms with E-state index in [0.29, 0.717) is 19.0 Å². The fourth-order valence-corrected chi connectivity index (χ4v) is 2.81. The van der Waals surface area contributed by atoms with Gasteiger partial charge in [0.25, 0.3) is 0 Å². The summed E-state index contributed by atoms with van der Waals surface area (Å²) in [5, 5.41) is 6.87. The van der Waals surface area contributed by atoms with E-state index in [4.69, 9.17) is 4.52 Å². The molecule has 6 nitrogen and oxygen atoms in total. The van der Waals surface area contributed by atoms with E-state index in [1.54, 1.807) is 0 Å². The molecule has 22 heavy (non-hydrogen) atoms. The molecule has 124 valence electrons. The predicted octanol–water partition coefficient (Wildman–Crippen LogP) is 1.32. The van der Waals surface area contributed by atoms with Gasteiger partial charge in [0.05, 0.1) is 5.69 Å². The smallest absolute Gasteiger partial charge is 0.220 e. The summed E-state index contributed by atoms with van der Waals surface area (Å²) >= 11 is 0. The second-order valence-corrected chi connectivity index (χ2v) is 6.31. The molecule has 2 heterocycles. The highest BCUT2D eigenvalue weighted by atomic mass is 16.5. The van der Waals surface area contributed by atoms with Gasteiger partial charge in [-0.1, -0.05) is 5.16 Å². The summed E-state index contributed by atoms with van der Waals surface area (Å²) in [5.41, 5.74) is 1.84. The third kappa shape index (κ3) is 4.55. The van der Waals surface area contributed by atoms with E-state index >= 15 is 0 Å². The lowest BCUT2D eigenvalue weighted by Gasteiger charge is -2.36. The number of likely N-dealkylation sites (N-methyl/N-ethyl adjacent to an activating group) is 1. The molecule has 0 bridgehead atoms. The van der Waals surface area contributed by atoms with Crippen LogP contribution in [0.3, 0.4) is 0 Å². The predicted molar refractivity (Wildman–Crippen MR) is 85.6 cm³/mol. The number of carbonyl (C=O) groups excluding carboxylic acids is 1. The van der Waals surface area contributed by atoms with Crippen LogP contribution in [0.25, 0.3) is 0 Å². The van der Waals surface area contributed by atoms with Gasteiger partial charge in [-0.3, -0.25) is 9.69 Å². The molecule has 1 fully saturated rings. The van der Waals surface area contributed by atoms with Crippen LogP contribution in [0, 0.1) is 13.8 Å². The van der Waals surface area contributed by atoms with Gasteiger partial charge in [-0.15, -0.1) is 0 Å². The van der Waals surface area contributed by atoms with Crippen LogP contribution in [0.15, 0.2) is 4.52 Å². The highest BCUT2D eigenvalue weighted by Gasteiger charge is 2.19. The zero-order chi connectivity index (χ0) is 16.1. The van der Waals surface area contributed by atoms with Gasteiger partial charge in [0.2, 0.25) is 5.91 Å². The molecule has 1 saturated heterocycles. The number of nitrogens with zero attached hydrogens (tertiary/aromatic N) is 3. The molecule has 1 aromatic heterocycles. The average molecular weight is 308 g/mol. The number of rotatable bonds is 6. The fraction of sp³-hybridized carbons (Fsp3) is 0.750. The minimum atomic E-state index is 0.0981. The Balaban J connectivity index is 1.69. The van der Waals surface area contributed by atoms with Crippen molar-refractivity contribution in [3.05, 3.63) is 17.0 Å². The van der Waals surface area contributed by atoms with Crippen molar-refractivity contribution < 1.29 is 9.32 Å². The van der Waals surface area contributed by atoms with Crippen molar-refractivity contribution in [2.45, 2.75) is 46.2 Å². The molecule has 0 radical (unpaired) electrons. The van der Waals surface area contributed by atoms with Crippen LogP contribution in [-0.4, -0.2) is 60.1 Å². The molecule has 0 aromatic carbocycles. The molecule has 6 heteroatoms. The molecular weight excluding hydrogens is 280 g/mol. The second-order valence-electron chi connectivity index (χ2n) is 6.31. The highest BCUT2D eigenvalue weighted by molar-refractivity contribution is 5.75. The molecule has 1 atom stereocenters. The fourth-order valence-electron chi connectivity index (χ4n) is 2.81. The van der Waals surface area contributed by atoms with Crippen molar-refractivity contribution in [1.82, 2.24) is 20.3 Å². The molecule has 1 N–H and O–H groups in total. The maximum Gasteiger partial charge on any atom is 0.220 e. The third-order valence-corrected chi connectivity index (χ3v) is 4.59. The summed E-state index contributed by atoms with van der Waals surface area (Å²) < 4.78 is 5.10. The Hall–Kier alpha value is -1.40. The Morgan fingerprint density at radius 1 is 1.32 bits per heavy atom. The number of piperazine rings is 1. The molecule has 0 aliphatic carbocycles. The highest BCUT2D eigenvalue weighted by Crippen LogP contribution is 2.12. The third-order valence-electron chi connectivity index (χ3n) is 4.59. The lowest BCUT2D eigenvalue weighted by molar-refractivity contribution is -0.121. The Morgan fingerprint density at radius 3 is 2.59 bits per heavy atom. The Labute approximate surface area is 132 Å². The summed E-state index contributed by atoms with van der Waals surface area (Å²) in [4.78, 5) is 16.8. The SMILES string of the molecule is Cc1noc(C)c1CNC(=O)CCC(C)N1CCN(C)CC1. The van der Waals surface area contributed by atoms with Crippen molar-refractivity contribution in [3.8, 4) is 0 Å². The summed E-state index contributed by atoms with van der Waals surface area (Å²) in [6.07, 6.45) is 1.47. The molecule has 1 amide bonds. The maximum absolute atomic E-state index is 12.0. The Bertz CT molecular complexity index is 473. The van der Waals surface area contributed by atoms with E-state index in [-0.39, 0.29) is 5.91 Å². The quantitative estimate of drug-likeness (QED) is 0.859. The minimum absolute atomic E-state index is 0.0981. The van der Waals surface area contributed by atoms with Crippen LogP contribution in [0.5, 0.6) is 0 Å². The van der Waals surface area contributed by atoms with Crippen LogP contribution < -0.4 is 5.32 Å². The van der Waals surface area contributed by atoms with Crippen molar-refractivity contribution in [3.63, 3.8) is 0 Å². The topological polar surface area (TPSA) is 61.6 Å². The van der Waals surface area contributed by atoms with Gasteiger partial charge in [0, 0.05) is 50.7 Å². The lowest BCUT2D eigenvalue weighted by atomic mass is 10.1. The zero-order valence-corrected chi connectivity index (χ0v) is 14.2. The van der Waals surface area contributed by atoms with Crippen LogP contribution in [0.1, 0.15) is 36.8 Å². The van der Waals surface area contributed by atoms with Gasteiger partial charge >= 0.3 is 0 Å². The van der Waals surface area contributed by atoms with Gasteiger partial charge < -0.3 is 14.7 Å². The number of hydrogen-bond donors (Lipinski definition) is 1. The number of aromatic nitrogens is 1. The first-order valence-electron chi connectivity index (χ1n) is 8.08. The van der Waals surface area contributed by atoms with E-state index in [9.17, 15) is 4.79 Å². The Kier molecular flexibility index (Phi) is 5.97. The molecule has 1 unspecified atom stereocenters. The molecule has 1 aliphatic rings. The van der Waals surface area contributed by atoms with Crippen molar-refractivity contribution >= 4 is 5.91 Å². The summed E-state index contributed by atoms with van der Waals surface area (Å²) in [6.45, 7) is 10.9. The maximum atomic E-state index is 12.0. The second kappa shape index (κ2) is 7.74. The zero-order valence-electron chi connectivity index (χ0n) is 14.2. The van der Waals surface area contributed by atoms with E-state index in [1.807, 2.05) is 13.8 Å². The molecular formula is C16H28N4O2. The average Bonchev–Trinajstić information content (AvgIpc) is 2.82. The molecule has 1 aromatic rings. The molecule has 2 rings (SSSR count). The number of aryl methyl sites for hydroxylation is 2. The summed E-state index contributed by atoms with van der Waals surface area (Å²) in [5.74, 6) is 0.879. The van der Waals surface area contributed by atoms with Gasteiger partial charge in [-0.05, 0) is 34.2 Å². The first-order valence-corrected chi connectivity index (χ1v) is 8.08. The van der Waals surface area contributed by atoms with Crippen molar-refractivity contribution in [1.29, 1.82) is 0 Å².